The summed E-state index contributed by atoms with van der Waals surface area (Å²) in [5.41, 5.74) is 2.37. The highest BCUT2D eigenvalue weighted by Crippen LogP contribution is 2.44. The van der Waals surface area contributed by atoms with Gasteiger partial charge in [-0.1, -0.05) is 26.0 Å². The lowest BCUT2D eigenvalue weighted by atomic mass is 9.99. The Kier molecular flexibility index (Phi) is 2.03. The first kappa shape index (κ1) is 8.61. The van der Waals surface area contributed by atoms with Crippen LogP contribution in [-0.2, 0) is 0 Å². The normalized spacial score (nSPS) is 16.5. The third-order valence-electron chi connectivity index (χ3n) is 2.74. The van der Waals surface area contributed by atoms with E-state index in [9.17, 15) is 5.11 Å². The number of hydrogen-bond acceptors (Lipinski definition) is 1. The fraction of sp³-hybridized carbons (Fsp3) is 0.500. The van der Waals surface area contributed by atoms with Crippen molar-refractivity contribution in [3.8, 4) is 5.75 Å². The van der Waals surface area contributed by atoms with Gasteiger partial charge in [-0.2, -0.15) is 0 Å². The zero-order valence-corrected chi connectivity index (χ0v) is 8.25. The van der Waals surface area contributed by atoms with Crippen LogP contribution in [-0.4, -0.2) is 5.11 Å². The first-order valence-electron chi connectivity index (χ1n) is 5.01. The molecule has 1 heteroatoms. The highest BCUT2D eigenvalue weighted by Gasteiger charge is 2.26. The Balaban J connectivity index is 2.31. The van der Waals surface area contributed by atoms with Crippen LogP contribution in [0.4, 0.5) is 0 Å². The van der Waals surface area contributed by atoms with E-state index in [0.29, 0.717) is 17.6 Å². The number of rotatable bonds is 2. The van der Waals surface area contributed by atoms with Crippen LogP contribution in [0.25, 0.3) is 0 Å². The predicted octanol–water partition coefficient (Wildman–Crippen LogP) is 3.39. The van der Waals surface area contributed by atoms with E-state index in [1.807, 2.05) is 6.07 Å². The molecular weight excluding hydrogens is 160 g/mol. The minimum absolute atomic E-state index is 0.494. The highest BCUT2D eigenvalue weighted by molar-refractivity contribution is 5.41. The van der Waals surface area contributed by atoms with Crippen LogP contribution < -0.4 is 0 Å². The maximum absolute atomic E-state index is 9.75. The maximum Gasteiger partial charge on any atom is 0.119 e. The molecule has 1 fully saturated rings. The van der Waals surface area contributed by atoms with Crippen LogP contribution in [0.5, 0.6) is 5.75 Å². The molecule has 1 aromatic carbocycles. The summed E-state index contributed by atoms with van der Waals surface area (Å²) in [7, 11) is 0. The van der Waals surface area contributed by atoms with Crippen LogP contribution in [0, 0.1) is 0 Å². The van der Waals surface area contributed by atoms with E-state index in [-0.39, 0.29) is 0 Å². The fourth-order valence-corrected chi connectivity index (χ4v) is 1.66. The molecule has 1 N–H and O–H groups in total. The van der Waals surface area contributed by atoms with Gasteiger partial charge in [0.2, 0.25) is 0 Å². The van der Waals surface area contributed by atoms with Crippen molar-refractivity contribution in [2.45, 2.75) is 38.5 Å². The molecule has 0 saturated heterocycles. The van der Waals surface area contributed by atoms with E-state index in [4.69, 9.17) is 0 Å². The van der Waals surface area contributed by atoms with E-state index < -0.39 is 0 Å². The first-order chi connectivity index (χ1) is 6.18. The Morgan fingerprint density at radius 1 is 1.31 bits per heavy atom. The van der Waals surface area contributed by atoms with Gasteiger partial charge in [-0.05, 0) is 41.9 Å². The molecule has 1 aromatic rings. The van der Waals surface area contributed by atoms with E-state index in [2.05, 4.69) is 26.0 Å². The fourth-order valence-electron chi connectivity index (χ4n) is 1.66. The van der Waals surface area contributed by atoms with Gasteiger partial charge in [0.25, 0.3) is 0 Å². The van der Waals surface area contributed by atoms with Crippen molar-refractivity contribution >= 4 is 0 Å². The molecule has 2 rings (SSSR count). The van der Waals surface area contributed by atoms with Gasteiger partial charge in [0.05, 0.1) is 0 Å². The van der Waals surface area contributed by atoms with Crippen LogP contribution in [0.3, 0.4) is 0 Å². The summed E-state index contributed by atoms with van der Waals surface area (Å²) in [6.45, 7) is 4.29. The standard InChI is InChI=1S/C12H16O/c1-8(2)10-5-6-11(9-3-4-9)12(13)7-10/h5-9,13H,3-4H2,1-2H3. The Morgan fingerprint density at radius 3 is 2.46 bits per heavy atom. The molecule has 0 heterocycles. The van der Waals surface area contributed by atoms with Crippen molar-refractivity contribution in [3.63, 3.8) is 0 Å². The van der Waals surface area contributed by atoms with Gasteiger partial charge in [0, 0.05) is 0 Å². The molecule has 0 spiro atoms. The van der Waals surface area contributed by atoms with E-state index in [1.165, 1.54) is 18.4 Å². The summed E-state index contributed by atoms with van der Waals surface area (Å²) < 4.78 is 0. The Hall–Kier alpha value is -0.980. The Morgan fingerprint density at radius 2 is 2.00 bits per heavy atom. The third-order valence-corrected chi connectivity index (χ3v) is 2.74. The average molecular weight is 176 g/mol. The van der Waals surface area contributed by atoms with Gasteiger partial charge in [-0.25, -0.2) is 0 Å². The second-order valence-corrected chi connectivity index (χ2v) is 4.25. The third kappa shape index (κ3) is 1.69. The van der Waals surface area contributed by atoms with Crippen molar-refractivity contribution < 1.29 is 5.11 Å². The SMILES string of the molecule is CC(C)c1ccc(C2CC2)c(O)c1. The van der Waals surface area contributed by atoms with Gasteiger partial charge in [0.1, 0.15) is 5.75 Å². The molecule has 1 aliphatic rings. The molecular formula is C12H16O. The largest absolute Gasteiger partial charge is 0.508 e. The number of benzene rings is 1. The summed E-state index contributed by atoms with van der Waals surface area (Å²) in [5, 5.41) is 9.75. The van der Waals surface area contributed by atoms with E-state index in [0.717, 1.165) is 5.56 Å². The van der Waals surface area contributed by atoms with Crippen molar-refractivity contribution in [1.82, 2.24) is 0 Å². The molecule has 1 aliphatic carbocycles. The monoisotopic (exact) mass is 176 g/mol. The van der Waals surface area contributed by atoms with Crippen LogP contribution in [0.15, 0.2) is 18.2 Å². The van der Waals surface area contributed by atoms with Crippen molar-refractivity contribution in [2.24, 2.45) is 0 Å². The molecule has 0 atom stereocenters. The molecule has 1 saturated carbocycles. The topological polar surface area (TPSA) is 20.2 Å². The van der Waals surface area contributed by atoms with Gasteiger partial charge >= 0.3 is 0 Å². The number of phenols is 1. The molecule has 0 amide bonds. The summed E-state index contributed by atoms with van der Waals surface area (Å²) in [4.78, 5) is 0. The zero-order valence-electron chi connectivity index (χ0n) is 8.25. The van der Waals surface area contributed by atoms with Crippen molar-refractivity contribution in [3.05, 3.63) is 29.3 Å². The second kappa shape index (κ2) is 3.06. The molecule has 0 aromatic heterocycles. The number of aromatic hydroxyl groups is 1. The van der Waals surface area contributed by atoms with Gasteiger partial charge in [0.15, 0.2) is 0 Å². The smallest absolute Gasteiger partial charge is 0.119 e. The van der Waals surface area contributed by atoms with Crippen molar-refractivity contribution in [2.75, 3.05) is 0 Å². The minimum atomic E-state index is 0.494. The summed E-state index contributed by atoms with van der Waals surface area (Å²) >= 11 is 0. The molecule has 0 bridgehead atoms. The zero-order chi connectivity index (χ0) is 9.42. The average Bonchev–Trinajstić information content (AvgIpc) is 2.87. The van der Waals surface area contributed by atoms with E-state index >= 15 is 0 Å². The van der Waals surface area contributed by atoms with Gasteiger partial charge in [-0.3, -0.25) is 0 Å². The van der Waals surface area contributed by atoms with Crippen LogP contribution in [0.2, 0.25) is 0 Å². The number of hydrogen-bond donors (Lipinski definition) is 1. The van der Waals surface area contributed by atoms with Gasteiger partial charge < -0.3 is 5.11 Å². The predicted molar refractivity (Wildman–Crippen MR) is 54.2 cm³/mol. The molecule has 0 radical (unpaired) electrons. The van der Waals surface area contributed by atoms with Crippen LogP contribution >= 0.6 is 0 Å². The molecule has 13 heavy (non-hydrogen) atoms. The second-order valence-electron chi connectivity index (χ2n) is 4.25. The molecule has 1 nitrogen and oxygen atoms in total. The lowest BCUT2D eigenvalue weighted by Crippen LogP contribution is -1.88. The Labute approximate surface area is 79.4 Å². The molecule has 0 unspecified atom stereocenters. The van der Waals surface area contributed by atoms with Crippen LogP contribution in [0.1, 0.15) is 49.7 Å². The number of phenolic OH excluding ortho intramolecular Hbond substituents is 1. The van der Waals surface area contributed by atoms with Crippen molar-refractivity contribution in [1.29, 1.82) is 0 Å². The first-order valence-corrected chi connectivity index (χ1v) is 5.01. The van der Waals surface area contributed by atoms with Gasteiger partial charge in [-0.15, -0.1) is 0 Å². The lowest BCUT2D eigenvalue weighted by Gasteiger charge is -2.08. The lowest BCUT2D eigenvalue weighted by molar-refractivity contribution is 0.467. The Bertz CT molecular complexity index is 311. The van der Waals surface area contributed by atoms with E-state index in [1.54, 1.807) is 0 Å². The molecule has 70 valence electrons. The minimum Gasteiger partial charge on any atom is -0.508 e. The molecule has 0 aliphatic heterocycles. The summed E-state index contributed by atoms with van der Waals surface area (Å²) in [6, 6.07) is 6.14. The maximum atomic E-state index is 9.75. The highest BCUT2D eigenvalue weighted by atomic mass is 16.3. The summed E-state index contributed by atoms with van der Waals surface area (Å²) in [5.74, 6) is 1.63. The summed E-state index contributed by atoms with van der Waals surface area (Å²) in [6.07, 6.45) is 2.49. The quantitative estimate of drug-likeness (QED) is 0.732.